The maximum Gasteiger partial charge on any atom is 0.123 e. The van der Waals surface area contributed by atoms with E-state index >= 15 is 0 Å². The van der Waals surface area contributed by atoms with Crippen LogP contribution in [-0.2, 0) is 0 Å². The van der Waals surface area contributed by atoms with E-state index < -0.39 is 0 Å². The first-order valence-corrected chi connectivity index (χ1v) is 7.26. The molecule has 2 heteroatoms. The molecule has 0 saturated carbocycles. The number of rotatable bonds is 5. The molecule has 2 aromatic carbocycles. The highest BCUT2D eigenvalue weighted by Crippen LogP contribution is 2.26. The van der Waals surface area contributed by atoms with Crippen molar-refractivity contribution >= 4 is 5.69 Å². The summed E-state index contributed by atoms with van der Waals surface area (Å²) in [4.78, 5) is 2.33. The SMILES string of the molecule is CCN(CC)c1ccc(C(C)c2ccc(F)cc2)cc1. The van der Waals surface area contributed by atoms with Gasteiger partial charge in [-0.1, -0.05) is 31.2 Å². The van der Waals surface area contributed by atoms with Crippen molar-refractivity contribution in [3.8, 4) is 0 Å². The van der Waals surface area contributed by atoms with Crippen molar-refractivity contribution in [2.75, 3.05) is 18.0 Å². The second-order valence-corrected chi connectivity index (χ2v) is 5.04. The molecule has 2 aromatic rings. The summed E-state index contributed by atoms with van der Waals surface area (Å²) in [6, 6.07) is 15.4. The van der Waals surface area contributed by atoms with Crippen LogP contribution in [0.2, 0.25) is 0 Å². The van der Waals surface area contributed by atoms with Gasteiger partial charge in [-0.15, -0.1) is 0 Å². The third kappa shape index (κ3) is 3.19. The van der Waals surface area contributed by atoms with E-state index in [1.165, 1.54) is 23.4 Å². The molecule has 0 fully saturated rings. The smallest absolute Gasteiger partial charge is 0.123 e. The van der Waals surface area contributed by atoms with Gasteiger partial charge in [0.05, 0.1) is 0 Å². The van der Waals surface area contributed by atoms with Gasteiger partial charge in [-0.2, -0.15) is 0 Å². The van der Waals surface area contributed by atoms with Crippen LogP contribution in [0.1, 0.15) is 37.8 Å². The summed E-state index contributed by atoms with van der Waals surface area (Å²) in [7, 11) is 0. The van der Waals surface area contributed by atoms with Gasteiger partial charge in [-0.05, 0) is 49.2 Å². The Hall–Kier alpha value is -1.83. The Labute approximate surface area is 121 Å². The van der Waals surface area contributed by atoms with Crippen molar-refractivity contribution in [2.24, 2.45) is 0 Å². The largest absolute Gasteiger partial charge is 0.372 e. The van der Waals surface area contributed by atoms with Gasteiger partial charge < -0.3 is 4.90 Å². The van der Waals surface area contributed by atoms with Gasteiger partial charge in [0.1, 0.15) is 5.82 Å². The quantitative estimate of drug-likeness (QED) is 0.753. The Balaban J connectivity index is 2.19. The van der Waals surface area contributed by atoms with Crippen LogP contribution in [0.5, 0.6) is 0 Å². The van der Waals surface area contributed by atoms with Gasteiger partial charge in [0.2, 0.25) is 0 Å². The van der Waals surface area contributed by atoms with E-state index in [1.54, 1.807) is 0 Å². The first-order valence-electron chi connectivity index (χ1n) is 7.26. The van der Waals surface area contributed by atoms with Crippen LogP contribution < -0.4 is 4.90 Å². The molecule has 0 aliphatic rings. The van der Waals surface area contributed by atoms with Crippen molar-refractivity contribution in [2.45, 2.75) is 26.7 Å². The maximum atomic E-state index is 13.0. The molecule has 0 heterocycles. The molecule has 0 aromatic heterocycles. The molecule has 0 aliphatic heterocycles. The van der Waals surface area contributed by atoms with Crippen LogP contribution in [0.4, 0.5) is 10.1 Å². The minimum absolute atomic E-state index is 0.183. The van der Waals surface area contributed by atoms with E-state index in [0.717, 1.165) is 18.7 Å². The fourth-order valence-corrected chi connectivity index (χ4v) is 2.51. The zero-order chi connectivity index (χ0) is 14.5. The Morgan fingerprint density at radius 1 is 0.850 bits per heavy atom. The first-order chi connectivity index (χ1) is 9.65. The molecular formula is C18H22FN. The second-order valence-electron chi connectivity index (χ2n) is 5.04. The maximum absolute atomic E-state index is 13.0. The Morgan fingerprint density at radius 3 is 1.75 bits per heavy atom. The molecule has 1 nitrogen and oxygen atoms in total. The average molecular weight is 271 g/mol. The molecule has 0 bridgehead atoms. The number of anilines is 1. The lowest BCUT2D eigenvalue weighted by molar-refractivity contribution is 0.626. The van der Waals surface area contributed by atoms with Crippen molar-refractivity contribution < 1.29 is 4.39 Å². The molecular weight excluding hydrogens is 249 g/mol. The lowest BCUT2D eigenvalue weighted by atomic mass is 9.93. The predicted molar refractivity (Wildman–Crippen MR) is 83.9 cm³/mol. The van der Waals surface area contributed by atoms with E-state index in [-0.39, 0.29) is 11.7 Å². The topological polar surface area (TPSA) is 3.24 Å². The molecule has 1 atom stereocenters. The standard InChI is InChI=1S/C18H22FN/c1-4-20(5-2)18-12-8-16(9-13-18)14(3)15-6-10-17(19)11-7-15/h6-14H,4-5H2,1-3H3. The summed E-state index contributed by atoms with van der Waals surface area (Å²) >= 11 is 0. The van der Waals surface area contributed by atoms with Crippen LogP contribution >= 0.6 is 0 Å². The van der Waals surface area contributed by atoms with Crippen LogP contribution in [0.25, 0.3) is 0 Å². The molecule has 0 spiro atoms. The van der Waals surface area contributed by atoms with E-state index in [4.69, 9.17) is 0 Å². The second kappa shape index (κ2) is 6.56. The van der Waals surface area contributed by atoms with Gasteiger partial charge in [-0.25, -0.2) is 4.39 Å². The summed E-state index contributed by atoms with van der Waals surface area (Å²) in [6.07, 6.45) is 0. The minimum atomic E-state index is -0.183. The van der Waals surface area contributed by atoms with Crippen molar-refractivity contribution in [3.05, 3.63) is 65.5 Å². The van der Waals surface area contributed by atoms with Crippen molar-refractivity contribution in [1.29, 1.82) is 0 Å². The zero-order valence-corrected chi connectivity index (χ0v) is 12.4. The molecule has 0 saturated heterocycles. The number of hydrogen-bond donors (Lipinski definition) is 0. The van der Waals surface area contributed by atoms with Gasteiger partial charge >= 0.3 is 0 Å². The van der Waals surface area contributed by atoms with Gasteiger partial charge in [0.15, 0.2) is 0 Å². The van der Waals surface area contributed by atoms with Crippen LogP contribution in [0.3, 0.4) is 0 Å². The fraction of sp³-hybridized carbons (Fsp3) is 0.333. The van der Waals surface area contributed by atoms with Crippen molar-refractivity contribution in [3.63, 3.8) is 0 Å². The normalized spacial score (nSPS) is 12.2. The molecule has 106 valence electrons. The number of hydrogen-bond acceptors (Lipinski definition) is 1. The minimum Gasteiger partial charge on any atom is -0.372 e. The van der Waals surface area contributed by atoms with Crippen LogP contribution in [-0.4, -0.2) is 13.1 Å². The number of halogens is 1. The summed E-state index contributed by atoms with van der Waals surface area (Å²) in [5, 5.41) is 0. The zero-order valence-electron chi connectivity index (χ0n) is 12.4. The molecule has 0 aliphatic carbocycles. The lowest BCUT2D eigenvalue weighted by Crippen LogP contribution is -2.21. The van der Waals surface area contributed by atoms with E-state index in [9.17, 15) is 4.39 Å². The Kier molecular flexibility index (Phi) is 4.78. The summed E-state index contributed by atoms with van der Waals surface area (Å²) < 4.78 is 13.0. The molecule has 0 amide bonds. The Bertz CT molecular complexity index is 526. The summed E-state index contributed by atoms with van der Waals surface area (Å²) in [5.41, 5.74) is 3.65. The van der Waals surface area contributed by atoms with Crippen LogP contribution in [0, 0.1) is 5.82 Å². The molecule has 0 radical (unpaired) electrons. The van der Waals surface area contributed by atoms with E-state index in [1.807, 2.05) is 12.1 Å². The highest BCUT2D eigenvalue weighted by molar-refractivity contribution is 5.48. The molecule has 2 rings (SSSR count). The first kappa shape index (κ1) is 14.6. The highest BCUT2D eigenvalue weighted by Gasteiger charge is 2.09. The van der Waals surface area contributed by atoms with Gasteiger partial charge in [0, 0.05) is 24.7 Å². The molecule has 1 unspecified atom stereocenters. The molecule has 0 N–H and O–H groups in total. The summed E-state index contributed by atoms with van der Waals surface area (Å²) in [6.45, 7) is 8.52. The monoisotopic (exact) mass is 271 g/mol. The van der Waals surface area contributed by atoms with Crippen molar-refractivity contribution in [1.82, 2.24) is 0 Å². The number of nitrogens with zero attached hydrogens (tertiary/aromatic N) is 1. The highest BCUT2D eigenvalue weighted by atomic mass is 19.1. The Morgan fingerprint density at radius 2 is 1.30 bits per heavy atom. The third-order valence-electron chi connectivity index (χ3n) is 3.89. The fourth-order valence-electron chi connectivity index (χ4n) is 2.51. The van der Waals surface area contributed by atoms with E-state index in [0.29, 0.717) is 0 Å². The van der Waals surface area contributed by atoms with E-state index in [2.05, 4.69) is 49.9 Å². The third-order valence-corrected chi connectivity index (χ3v) is 3.89. The molecule has 20 heavy (non-hydrogen) atoms. The number of benzene rings is 2. The van der Waals surface area contributed by atoms with Gasteiger partial charge in [-0.3, -0.25) is 0 Å². The summed E-state index contributed by atoms with van der Waals surface area (Å²) in [5.74, 6) is 0.0965. The van der Waals surface area contributed by atoms with Crippen LogP contribution in [0.15, 0.2) is 48.5 Å². The van der Waals surface area contributed by atoms with Gasteiger partial charge in [0.25, 0.3) is 0 Å². The lowest BCUT2D eigenvalue weighted by Gasteiger charge is -2.22. The average Bonchev–Trinajstić information content (AvgIpc) is 2.49. The predicted octanol–water partition coefficient (Wildman–Crippen LogP) is 4.82.